The summed E-state index contributed by atoms with van der Waals surface area (Å²) < 4.78 is 18.7. The van der Waals surface area contributed by atoms with Crippen molar-refractivity contribution >= 4 is 11.6 Å². The Bertz CT molecular complexity index is 447. The van der Waals surface area contributed by atoms with Crippen molar-refractivity contribution in [1.29, 1.82) is 0 Å². The Kier molecular flexibility index (Phi) is 5.30. The normalized spacial score (nSPS) is 11.2. The first-order valence-electron chi connectivity index (χ1n) is 6.39. The second kappa shape index (κ2) is 6.52. The fourth-order valence-corrected chi connectivity index (χ4v) is 1.66. The van der Waals surface area contributed by atoms with Crippen LogP contribution in [0.4, 0.5) is 10.1 Å². The topological polar surface area (TPSA) is 50.4 Å². The number of likely N-dealkylation sites (N-methyl/N-ethyl adjacent to an activating group) is 1. The lowest BCUT2D eigenvalue weighted by Crippen LogP contribution is -2.49. The van der Waals surface area contributed by atoms with Crippen molar-refractivity contribution in [3.05, 3.63) is 24.0 Å². The molecule has 1 amide bonds. The van der Waals surface area contributed by atoms with E-state index in [9.17, 15) is 9.18 Å². The number of anilines is 1. The molecule has 1 rings (SSSR count). The van der Waals surface area contributed by atoms with Gasteiger partial charge >= 0.3 is 0 Å². The van der Waals surface area contributed by atoms with Crippen LogP contribution in [0.5, 0.6) is 5.75 Å². The molecule has 0 saturated heterocycles. The summed E-state index contributed by atoms with van der Waals surface area (Å²) in [6.07, 6.45) is 0. The average Bonchev–Trinajstić information content (AvgIpc) is 2.32. The fraction of sp³-hybridized carbons (Fsp3) is 0.500. The van der Waals surface area contributed by atoms with E-state index in [1.54, 1.807) is 26.8 Å². The van der Waals surface area contributed by atoms with Crippen LogP contribution < -0.4 is 15.4 Å². The average molecular weight is 268 g/mol. The molecule has 4 nitrogen and oxygen atoms in total. The summed E-state index contributed by atoms with van der Waals surface area (Å²) in [6.45, 7) is 8.33. The number of halogens is 1. The van der Waals surface area contributed by atoms with Crippen molar-refractivity contribution in [2.45, 2.75) is 33.2 Å². The van der Waals surface area contributed by atoms with Gasteiger partial charge in [-0.05, 0) is 39.4 Å². The van der Waals surface area contributed by atoms with Crippen molar-refractivity contribution < 1.29 is 13.9 Å². The third-order valence-electron chi connectivity index (χ3n) is 2.68. The quantitative estimate of drug-likeness (QED) is 0.833. The maximum Gasteiger partial charge on any atom is 0.244 e. The molecule has 0 aliphatic carbocycles. The summed E-state index contributed by atoms with van der Waals surface area (Å²) in [5, 5.41) is 5.74. The van der Waals surface area contributed by atoms with Gasteiger partial charge in [0.1, 0.15) is 0 Å². The smallest absolute Gasteiger partial charge is 0.244 e. The number of hydrogen-bond donors (Lipinski definition) is 2. The molecule has 1 aromatic carbocycles. The molecule has 0 fully saturated rings. The van der Waals surface area contributed by atoms with Gasteiger partial charge < -0.3 is 15.4 Å². The number of ether oxygens (including phenoxy) is 1. The maximum atomic E-state index is 13.6. The Morgan fingerprint density at radius 3 is 2.58 bits per heavy atom. The Labute approximate surface area is 113 Å². The van der Waals surface area contributed by atoms with Crippen LogP contribution in [-0.2, 0) is 4.79 Å². The van der Waals surface area contributed by atoms with Gasteiger partial charge in [0.15, 0.2) is 11.6 Å². The maximum absolute atomic E-state index is 13.6. The van der Waals surface area contributed by atoms with E-state index in [-0.39, 0.29) is 11.7 Å². The monoisotopic (exact) mass is 268 g/mol. The minimum Gasteiger partial charge on any atom is -0.491 e. The predicted octanol–water partition coefficient (Wildman–Crippen LogP) is 2.55. The molecule has 0 atom stereocenters. The van der Waals surface area contributed by atoms with Crippen molar-refractivity contribution in [1.82, 2.24) is 5.32 Å². The molecule has 0 aliphatic rings. The zero-order valence-corrected chi connectivity index (χ0v) is 11.8. The highest BCUT2D eigenvalue weighted by atomic mass is 19.1. The number of amides is 1. The number of carbonyl (C=O) groups is 1. The van der Waals surface area contributed by atoms with E-state index in [1.165, 1.54) is 12.1 Å². The van der Waals surface area contributed by atoms with Crippen LogP contribution in [0.2, 0.25) is 0 Å². The molecule has 0 heterocycles. The first-order chi connectivity index (χ1) is 8.90. The molecular weight excluding hydrogens is 247 g/mol. The van der Waals surface area contributed by atoms with Gasteiger partial charge in [-0.1, -0.05) is 6.92 Å². The molecule has 0 bridgehead atoms. The van der Waals surface area contributed by atoms with E-state index in [1.807, 2.05) is 6.92 Å². The predicted molar refractivity (Wildman–Crippen MR) is 74.0 cm³/mol. The number of hydrogen-bond acceptors (Lipinski definition) is 3. The van der Waals surface area contributed by atoms with Gasteiger partial charge in [-0.2, -0.15) is 0 Å². The largest absolute Gasteiger partial charge is 0.491 e. The molecule has 5 heteroatoms. The summed E-state index contributed by atoms with van der Waals surface area (Å²) >= 11 is 0. The van der Waals surface area contributed by atoms with Crippen molar-refractivity contribution in [2.24, 2.45) is 0 Å². The molecule has 0 saturated carbocycles. The molecule has 0 aromatic heterocycles. The van der Waals surface area contributed by atoms with E-state index in [2.05, 4.69) is 10.6 Å². The van der Waals surface area contributed by atoms with Crippen LogP contribution in [0, 0.1) is 5.82 Å². The van der Waals surface area contributed by atoms with Crippen LogP contribution in [-0.4, -0.2) is 24.6 Å². The Morgan fingerprint density at radius 2 is 2.05 bits per heavy atom. The number of carbonyl (C=O) groups excluding carboxylic acids is 1. The first kappa shape index (κ1) is 15.4. The Balaban J connectivity index is 2.78. The molecule has 1 aromatic rings. The van der Waals surface area contributed by atoms with Crippen LogP contribution in [0.1, 0.15) is 27.7 Å². The Hall–Kier alpha value is -1.62. The zero-order valence-electron chi connectivity index (χ0n) is 11.8. The second-order valence-electron chi connectivity index (χ2n) is 4.69. The van der Waals surface area contributed by atoms with E-state index < -0.39 is 11.4 Å². The second-order valence-corrected chi connectivity index (χ2v) is 4.69. The van der Waals surface area contributed by atoms with E-state index >= 15 is 0 Å². The highest BCUT2D eigenvalue weighted by molar-refractivity contribution is 5.97. The molecular formula is C14H21FN2O2. The number of benzene rings is 1. The van der Waals surface area contributed by atoms with Gasteiger partial charge in [0.25, 0.3) is 0 Å². The van der Waals surface area contributed by atoms with Gasteiger partial charge in [0.2, 0.25) is 5.91 Å². The van der Waals surface area contributed by atoms with Gasteiger partial charge in [0, 0.05) is 11.8 Å². The minimum atomic E-state index is -0.705. The highest BCUT2D eigenvalue weighted by Crippen LogP contribution is 2.21. The van der Waals surface area contributed by atoms with E-state index in [4.69, 9.17) is 4.74 Å². The van der Waals surface area contributed by atoms with Crippen molar-refractivity contribution in [2.75, 3.05) is 18.5 Å². The van der Waals surface area contributed by atoms with Gasteiger partial charge in [0.05, 0.1) is 12.1 Å². The highest BCUT2D eigenvalue weighted by Gasteiger charge is 2.26. The fourth-order valence-electron chi connectivity index (χ4n) is 1.66. The van der Waals surface area contributed by atoms with Crippen LogP contribution in [0.3, 0.4) is 0 Å². The lowest BCUT2D eigenvalue weighted by Gasteiger charge is -2.24. The summed E-state index contributed by atoms with van der Waals surface area (Å²) in [5.41, 5.74) is -0.291. The molecule has 0 radical (unpaired) electrons. The van der Waals surface area contributed by atoms with Gasteiger partial charge in [-0.3, -0.25) is 4.79 Å². The third-order valence-corrected chi connectivity index (χ3v) is 2.68. The molecule has 0 unspecified atom stereocenters. The summed E-state index contributed by atoms with van der Waals surface area (Å²) in [7, 11) is 0. The van der Waals surface area contributed by atoms with Crippen LogP contribution in [0.25, 0.3) is 0 Å². The SMILES string of the molecule is CCNC(C)(C)C(=O)Nc1ccc(OCC)c(F)c1. The van der Waals surface area contributed by atoms with Crippen molar-refractivity contribution in [3.8, 4) is 5.75 Å². The molecule has 2 N–H and O–H groups in total. The summed E-state index contributed by atoms with van der Waals surface area (Å²) in [5.74, 6) is -0.509. The van der Waals surface area contributed by atoms with E-state index in [0.29, 0.717) is 18.8 Å². The minimum absolute atomic E-state index is 0.187. The molecule has 19 heavy (non-hydrogen) atoms. The van der Waals surface area contributed by atoms with Crippen LogP contribution in [0.15, 0.2) is 18.2 Å². The van der Waals surface area contributed by atoms with Crippen molar-refractivity contribution in [3.63, 3.8) is 0 Å². The Morgan fingerprint density at radius 1 is 1.37 bits per heavy atom. The van der Waals surface area contributed by atoms with E-state index in [0.717, 1.165) is 0 Å². The van der Waals surface area contributed by atoms with Gasteiger partial charge in [-0.15, -0.1) is 0 Å². The van der Waals surface area contributed by atoms with Crippen LogP contribution >= 0.6 is 0 Å². The number of nitrogens with one attached hydrogen (secondary N) is 2. The van der Waals surface area contributed by atoms with Gasteiger partial charge in [-0.25, -0.2) is 4.39 Å². The molecule has 0 spiro atoms. The molecule has 106 valence electrons. The lowest BCUT2D eigenvalue weighted by atomic mass is 10.0. The standard InChI is InChI=1S/C14H21FN2O2/c1-5-16-14(3,4)13(18)17-10-7-8-12(19-6-2)11(15)9-10/h7-9,16H,5-6H2,1-4H3,(H,17,18). The summed E-state index contributed by atoms with van der Waals surface area (Å²) in [4.78, 5) is 12.0. The third kappa shape index (κ3) is 4.21. The lowest BCUT2D eigenvalue weighted by molar-refractivity contribution is -0.121. The zero-order chi connectivity index (χ0) is 14.5. The first-order valence-corrected chi connectivity index (χ1v) is 6.39. The number of rotatable bonds is 6. The summed E-state index contributed by atoms with van der Waals surface area (Å²) in [6, 6.07) is 4.38. The molecule has 0 aliphatic heterocycles.